The number of esters is 1. The van der Waals surface area contributed by atoms with Gasteiger partial charge in [0, 0.05) is 31.6 Å². The summed E-state index contributed by atoms with van der Waals surface area (Å²) in [6.07, 6.45) is 0. The molecule has 1 aromatic heterocycles. The van der Waals surface area contributed by atoms with Crippen molar-refractivity contribution in [2.45, 2.75) is 4.90 Å². The standard InChI is InChI=1S/C18H15NO6S/c1-19(2)26(22,23)15-8-4-13(5-9-15)18(21)24-14-7-3-12-6-10-17(20)25-16(12)11-14/h3-11H,1-2H3. The zero-order valence-corrected chi connectivity index (χ0v) is 14.8. The van der Waals surface area contributed by atoms with Crippen molar-refractivity contribution in [3.05, 3.63) is 70.6 Å². The summed E-state index contributed by atoms with van der Waals surface area (Å²) in [7, 11) is -0.715. The summed E-state index contributed by atoms with van der Waals surface area (Å²) in [5.41, 5.74) is -0.00814. The quantitative estimate of drug-likeness (QED) is 0.396. The number of ether oxygens (including phenoxy) is 1. The molecular formula is C18H15NO6S. The highest BCUT2D eigenvalue weighted by atomic mass is 32.2. The number of benzene rings is 2. The first-order valence-corrected chi connectivity index (χ1v) is 9.00. The van der Waals surface area contributed by atoms with E-state index >= 15 is 0 Å². The van der Waals surface area contributed by atoms with E-state index in [1.54, 1.807) is 18.2 Å². The molecule has 0 fully saturated rings. The lowest BCUT2D eigenvalue weighted by atomic mass is 10.2. The van der Waals surface area contributed by atoms with E-state index in [0.29, 0.717) is 11.0 Å². The van der Waals surface area contributed by atoms with Gasteiger partial charge in [0.2, 0.25) is 10.0 Å². The Labute approximate surface area is 149 Å². The van der Waals surface area contributed by atoms with Gasteiger partial charge in [-0.3, -0.25) is 0 Å². The van der Waals surface area contributed by atoms with Crippen molar-refractivity contribution in [1.29, 1.82) is 0 Å². The van der Waals surface area contributed by atoms with E-state index in [2.05, 4.69) is 0 Å². The van der Waals surface area contributed by atoms with Crippen molar-refractivity contribution >= 4 is 27.0 Å². The summed E-state index contributed by atoms with van der Waals surface area (Å²) in [5.74, 6) is -0.446. The molecule has 0 atom stereocenters. The topological polar surface area (TPSA) is 93.9 Å². The number of sulfonamides is 1. The zero-order valence-electron chi connectivity index (χ0n) is 14.0. The molecule has 0 unspecified atom stereocenters. The Balaban J connectivity index is 1.83. The number of carbonyl (C=O) groups excluding carboxylic acids is 1. The molecule has 0 saturated heterocycles. The molecule has 0 aliphatic heterocycles. The Morgan fingerprint density at radius 1 is 1.00 bits per heavy atom. The summed E-state index contributed by atoms with van der Waals surface area (Å²) in [4.78, 5) is 23.6. The van der Waals surface area contributed by atoms with Crippen LogP contribution in [0.4, 0.5) is 0 Å². The summed E-state index contributed by atoms with van der Waals surface area (Å²) >= 11 is 0. The summed E-state index contributed by atoms with van der Waals surface area (Å²) in [6, 6.07) is 13.0. The molecule has 7 nitrogen and oxygen atoms in total. The fourth-order valence-electron chi connectivity index (χ4n) is 2.24. The van der Waals surface area contributed by atoms with Crippen LogP contribution >= 0.6 is 0 Å². The van der Waals surface area contributed by atoms with Crippen molar-refractivity contribution in [1.82, 2.24) is 4.31 Å². The number of hydrogen-bond donors (Lipinski definition) is 0. The number of hydrogen-bond acceptors (Lipinski definition) is 6. The Bertz CT molecular complexity index is 1130. The van der Waals surface area contributed by atoms with Gasteiger partial charge in [0.1, 0.15) is 11.3 Å². The molecule has 0 spiro atoms. The monoisotopic (exact) mass is 373 g/mol. The van der Waals surface area contributed by atoms with E-state index in [1.165, 1.54) is 50.5 Å². The third-order valence-electron chi connectivity index (χ3n) is 3.67. The summed E-state index contributed by atoms with van der Waals surface area (Å²) < 4.78 is 35.5. The van der Waals surface area contributed by atoms with Crippen LogP contribution in [0.3, 0.4) is 0 Å². The average Bonchev–Trinajstić information content (AvgIpc) is 2.61. The van der Waals surface area contributed by atoms with Gasteiger partial charge in [-0.25, -0.2) is 22.3 Å². The molecule has 0 saturated carbocycles. The van der Waals surface area contributed by atoms with Crippen molar-refractivity contribution < 1.29 is 22.4 Å². The number of fused-ring (bicyclic) bond motifs is 1. The minimum absolute atomic E-state index is 0.0755. The lowest BCUT2D eigenvalue weighted by Crippen LogP contribution is -2.22. The smallest absolute Gasteiger partial charge is 0.343 e. The van der Waals surface area contributed by atoms with E-state index in [1.807, 2.05) is 0 Å². The molecule has 26 heavy (non-hydrogen) atoms. The highest BCUT2D eigenvalue weighted by molar-refractivity contribution is 7.89. The van der Waals surface area contributed by atoms with Gasteiger partial charge in [-0.05, 0) is 42.5 Å². The molecule has 0 aliphatic rings. The van der Waals surface area contributed by atoms with Crippen LogP contribution in [0, 0.1) is 0 Å². The second-order valence-corrected chi connectivity index (χ2v) is 7.81. The van der Waals surface area contributed by atoms with Gasteiger partial charge in [-0.15, -0.1) is 0 Å². The highest BCUT2D eigenvalue weighted by Gasteiger charge is 2.18. The van der Waals surface area contributed by atoms with Gasteiger partial charge in [-0.1, -0.05) is 0 Å². The molecule has 1 heterocycles. The van der Waals surface area contributed by atoms with Crippen LogP contribution in [0.1, 0.15) is 10.4 Å². The molecule has 0 N–H and O–H groups in total. The molecule has 0 amide bonds. The van der Waals surface area contributed by atoms with Crippen LogP contribution in [0.5, 0.6) is 5.75 Å². The maximum Gasteiger partial charge on any atom is 0.343 e. The van der Waals surface area contributed by atoms with Crippen molar-refractivity contribution in [2.24, 2.45) is 0 Å². The van der Waals surface area contributed by atoms with Gasteiger partial charge in [0.25, 0.3) is 0 Å². The summed E-state index contributed by atoms with van der Waals surface area (Å²) in [5, 5.41) is 0.697. The van der Waals surface area contributed by atoms with Crippen molar-refractivity contribution in [2.75, 3.05) is 14.1 Å². The third-order valence-corrected chi connectivity index (χ3v) is 5.50. The van der Waals surface area contributed by atoms with Crippen LogP contribution in [0.15, 0.2) is 68.7 Å². The van der Waals surface area contributed by atoms with Gasteiger partial charge in [-0.2, -0.15) is 0 Å². The lowest BCUT2D eigenvalue weighted by molar-refractivity contribution is 0.0735. The largest absolute Gasteiger partial charge is 0.423 e. The maximum absolute atomic E-state index is 12.2. The molecule has 134 valence electrons. The van der Waals surface area contributed by atoms with Crippen LogP contribution in [-0.2, 0) is 10.0 Å². The second-order valence-electron chi connectivity index (χ2n) is 5.66. The van der Waals surface area contributed by atoms with Gasteiger partial charge >= 0.3 is 11.6 Å². The minimum atomic E-state index is -3.57. The van der Waals surface area contributed by atoms with E-state index in [4.69, 9.17) is 9.15 Å². The van der Waals surface area contributed by atoms with E-state index in [0.717, 1.165) is 4.31 Å². The van der Waals surface area contributed by atoms with Gasteiger partial charge < -0.3 is 9.15 Å². The molecular weight excluding hydrogens is 358 g/mol. The van der Waals surface area contributed by atoms with Crippen LogP contribution in [0.25, 0.3) is 11.0 Å². The Morgan fingerprint density at radius 3 is 2.31 bits per heavy atom. The van der Waals surface area contributed by atoms with E-state index in [-0.39, 0.29) is 16.2 Å². The van der Waals surface area contributed by atoms with Gasteiger partial charge in [0.15, 0.2) is 0 Å². The van der Waals surface area contributed by atoms with E-state index in [9.17, 15) is 18.0 Å². The number of nitrogens with zero attached hydrogens (tertiary/aromatic N) is 1. The van der Waals surface area contributed by atoms with Crippen LogP contribution in [-0.4, -0.2) is 32.8 Å². The predicted octanol–water partition coefficient (Wildman–Crippen LogP) is 2.26. The van der Waals surface area contributed by atoms with E-state index < -0.39 is 21.6 Å². The first-order valence-electron chi connectivity index (χ1n) is 7.56. The SMILES string of the molecule is CN(C)S(=O)(=O)c1ccc(C(=O)Oc2ccc3ccc(=O)oc3c2)cc1. The predicted molar refractivity (Wildman–Crippen MR) is 94.8 cm³/mol. The third kappa shape index (κ3) is 3.51. The molecule has 0 bridgehead atoms. The molecule has 3 aromatic rings. The molecule has 8 heteroatoms. The average molecular weight is 373 g/mol. The molecule has 0 radical (unpaired) electrons. The molecule has 2 aromatic carbocycles. The Hall–Kier alpha value is -2.97. The fourth-order valence-corrected chi connectivity index (χ4v) is 3.15. The summed E-state index contributed by atoms with van der Waals surface area (Å²) in [6.45, 7) is 0. The van der Waals surface area contributed by atoms with Crippen molar-refractivity contribution in [3.8, 4) is 5.75 Å². The first-order chi connectivity index (χ1) is 12.3. The zero-order chi connectivity index (χ0) is 18.9. The minimum Gasteiger partial charge on any atom is -0.423 e. The lowest BCUT2D eigenvalue weighted by Gasteiger charge is -2.11. The first kappa shape index (κ1) is 17.8. The normalized spacial score (nSPS) is 11.7. The number of rotatable bonds is 4. The highest BCUT2D eigenvalue weighted by Crippen LogP contribution is 2.21. The van der Waals surface area contributed by atoms with Crippen molar-refractivity contribution in [3.63, 3.8) is 0 Å². The van der Waals surface area contributed by atoms with Crippen LogP contribution < -0.4 is 10.4 Å². The fraction of sp³-hybridized carbons (Fsp3) is 0.111. The molecule has 3 rings (SSSR count). The second kappa shape index (κ2) is 6.74. The maximum atomic E-state index is 12.2. The Kier molecular flexibility index (Phi) is 4.62. The Morgan fingerprint density at radius 2 is 1.65 bits per heavy atom. The van der Waals surface area contributed by atoms with Gasteiger partial charge in [0.05, 0.1) is 10.5 Å². The van der Waals surface area contributed by atoms with Crippen LogP contribution in [0.2, 0.25) is 0 Å². The molecule has 0 aliphatic carbocycles. The number of carbonyl (C=O) groups is 1.